The Morgan fingerprint density at radius 1 is 1.23 bits per heavy atom. The van der Waals surface area contributed by atoms with Gasteiger partial charge in [-0.2, -0.15) is 0 Å². The molecule has 2 amide bonds. The van der Waals surface area contributed by atoms with Crippen molar-refractivity contribution in [3.63, 3.8) is 0 Å². The van der Waals surface area contributed by atoms with Crippen molar-refractivity contribution in [1.82, 2.24) is 10.2 Å². The number of fused-ring (bicyclic) bond motifs is 1. The van der Waals surface area contributed by atoms with Crippen LogP contribution >= 0.6 is 0 Å². The van der Waals surface area contributed by atoms with Gasteiger partial charge in [0, 0.05) is 0 Å². The lowest BCUT2D eigenvalue weighted by Crippen LogP contribution is -2.43. The van der Waals surface area contributed by atoms with Crippen molar-refractivity contribution in [2.45, 2.75) is 24.8 Å². The first-order valence-electron chi connectivity index (χ1n) is 8.65. The van der Waals surface area contributed by atoms with Crippen LogP contribution in [0.3, 0.4) is 0 Å². The third-order valence-electron chi connectivity index (χ3n) is 5.43. The second kappa shape index (κ2) is 5.60. The molecule has 2 fully saturated rings. The molecule has 134 valence electrons. The van der Waals surface area contributed by atoms with Crippen LogP contribution in [-0.2, 0) is 27.4 Å². The molecule has 2 aromatic rings. The minimum Gasteiger partial charge on any atom is -0.467 e. The minimum atomic E-state index is -0.707. The Hall–Kier alpha value is -2.80. The van der Waals surface area contributed by atoms with E-state index in [9.17, 15) is 9.59 Å². The van der Waals surface area contributed by atoms with Crippen LogP contribution in [0.15, 0.2) is 57.8 Å². The number of hydrogen-bond donors (Lipinski definition) is 1. The summed E-state index contributed by atoms with van der Waals surface area (Å²) in [5.74, 6) is 0.118. The van der Waals surface area contributed by atoms with Gasteiger partial charge in [0.05, 0.1) is 50.1 Å². The predicted molar refractivity (Wildman–Crippen MR) is 88.4 cm³/mol. The van der Waals surface area contributed by atoms with Gasteiger partial charge in [-0.15, -0.1) is 0 Å². The van der Waals surface area contributed by atoms with Crippen LogP contribution in [0.1, 0.15) is 11.5 Å². The largest absolute Gasteiger partial charge is 0.467 e. The van der Waals surface area contributed by atoms with Gasteiger partial charge in [0.2, 0.25) is 11.8 Å². The molecule has 1 N–H and O–H groups in total. The molecule has 0 aliphatic carbocycles. The van der Waals surface area contributed by atoms with E-state index in [0.717, 1.165) is 0 Å². The quantitative estimate of drug-likeness (QED) is 0.822. The fourth-order valence-corrected chi connectivity index (χ4v) is 4.31. The Morgan fingerprint density at radius 3 is 2.73 bits per heavy atom. The van der Waals surface area contributed by atoms with Crippen molar-refractivity contribution in [2.75, 3.05) is 6.54 Å². The average molecular weight is 354 g/mol. The predicted octanol–water partition coefficient (Wildman–Crippen LogP) is 1.47. The molecule has 7 nitrogen and oxygen atoms in total. The molecule has 3 aliphatic rings. The summed E-state index contributed by atoms with van der Waals surface area (Å²) in [6, 6.07) is 7.19. The fourth-order valence-electron chi connectivity index (χ4n) is 4.31. The molecule has 2 aromatic heterocycles. The number of carbonyl (C=O) groups excluding carboxylic acids is 2. The van der Waals surface area contributed by atoms with Crippen molar-refractivity contribution in [1.29, 1.82) is 0 Å². The maximum Gasteiger partial charge on any atom is 0.230 e. The van der Waals surface area contributed by atoms with Gasteiger partial charge in [-0.25, -0.2) is 0 Å². The van der Waals surface area contributed by atoms with Crippen LogP contribution in [0.4, 0.5) is 0 Å². The lowest BCUT2D eigenvalue weighted by molar-refractivity contribution is -0.138. The number of hydrogen-bond acceptors (Lipinski definition) is 5. The van der Waals surface area contributed by atoms with E-state index in [2.05, 4.69) is 5.32 Å². The zero-order chi connectivity index (χ0) is 17.7. The van der Waals surface area contributed by atoms with Crippen LogP contribution in [0, 0.1) is 11.8 Å². The summed E-state index contributed by atoms with van der Waals surface area (Å²) < 4.78 is 16.7. The lowest BCUT2D eigenvalue weighted by atomic mass is 9.77. The molecule has 26 heavy (non-hydrogen) atoms. The summed E-state index contributed by atoms with van der Waals surface area (Å²) >= 11 is 0. The van der Waals surface area contributed by atoms with Crippen LogP contribution < -0.4 is 5.32 Å². The van der Waals surface area contributed by atoms with Crippen LogP contribution in [0.25, 0.3) is 0 Å². The summed E-state index contributed by atoms with van der Waals surface area (Å²) in [6.45, 7) is 1.11. The zero-order valence-corrected chi connectivity index (χ0v) is 14.0. The highest BCUT2D eigenvalue weighted by atomic mass is 16.5. The van der Waals surface area contributed by atoms with Gasteiger partial charge in [0.25, 0.3) is 0 Å². The maximum atomic E-state index is 13.0. The minimum absolute atomic E-state index is 0.0635. The highest BCUT2D eigenvalue weighted by Gasteiger charge is 2.66. The topological polar surface area (TPSA) is 84.9 Å². The highest BCUT2D eigenvalue weighted by molar-refractivity contribution is 5.92. The van der Waals surface area contributed by atoms with Gasteiger partial charge in [-0.05, 0) is 24.3 Å². The first kappa shape index (κ1) is 15.5. The number of carbonyl (C=O) groups is 2. The Morgan fingerprint density at radius 2 is 2.00 bits per heavy atom. The number of nitrogens with one attached hydrogen (secondary N) is 1. The molecule has 0 radical (unpaired) electrons. The summed E-state index contributed by atoms with van der Waals surface area (Å²) in [5.41, 5.74) is -0.707. The monoisotopic (exact) mass is 354 g/mol. The number of rotatable bonds is 5. The molecule has 4 atom stereocenters. The van der Waals surface area contributed by atoms with E-state index in [0.29, 0.717) is 31.2 Å². The van der Waals surface area contributed by atoms with E-state index in [1.165, 1.54) is 0 Å². The molecule has 7 heteroatoms. The first-order valence-corrected chi connectivity index (χ1v) is 8.65. The van der Waals surface area contributed by atoms with Crippen molar-refractivity contribution in [3.8, 4) is 0 Å². The Kier molecular flexibility index (Phi) is 3.33. The molecule has 0 saturated carbocycles. The Balaban J connectivity index is 1.35. The van der Waals surface area contributed by atoms with Gasteiger partial charge in [0.15, 0.2) is 0 Å². The summed E-state index contributed by atoms with van der Waals surface area (Å²) in [7, 11) is 0. The molecule has 5 heterocycles. The number of likely N-dealkylation sites (tertiary alicyclic amines) is 1. The molecule has 5 rings (SSSR count). The zero-order valence-electron chi connectivity index (χ0n) is 14.0. The molecular weight excluding hydrogens is 336 g/mol. The summed E-state index contributed by atoms with van der Waals surface area (Å²) in [6.07, 6.45) is 6.64. The van der Waals surface area contributed by atoms with E-state index in [-0.39, 0.29) is 17.9 Å². The van der Waals surface area contributed by atoms with E-state index in [1.807, 2.05) is 18.2 Å². The number of nitrogens with zero attached hydrogens (tertiary/aromatic N) is 1. The molecule has 2 saturated heterocycles. The third kappa shape index (κ3) is 2.24. The van der Waals surface area contributed by atoms with Gasteiger partial charge in [-0.3, -0.25) is 9.59 Å². The van der Waals surface area contributed by atoms with Crippen molar-refractivity contribution in [2.24, 2.45) is 11.8 Å². The second-order valence-corrected chi connectivity index (χ2v) is 6.97. The Bertz CT molecular complexity index is 857. The number of furan rings is 2. The van der Waals surface area contributed by atoms with Gasteiger partial charge in [0.1, 0.15) is 17.1 Å². The van der Waals surface area contributed by atoms with Gasteiger partial charge < -0.3 is 23.8 Å². The van der Waals surface area contributed by atoms with Crippen molar-refractivity contribution < 1.29 is 23.2 Å². The molecular formula is C19H18N2O5. The summed E-state index contributed by atoms with van der Waals surface area (Å²) in [4.78, 5) is 27.5. The van der Waals surface area contributed by atoms with Gasteiger partial charge in [-0.1, -0.05) is 12.2 Å². The number of ether oxygens (including phenoxy) is 1. The normalized spacial score (nSPS) is 31.6. The second-order valence-electron chi connectivity index (χ2n) is 6.97. The highest BCUT2D eigenvalue weighted by Crippen LogP contribution is 2.52. The standard InChI is InChI=1S/C19H18N2O5/c22-17(20-9-12-3-1-7-24-12)15-14-5-6-19(26-14)11-21(18(23)16(15)19)10-13-4-2-8-25-13/h1-8,14-16H,9-11H2,(H,20,22)/t14-,15+,16-,19+/m1/s1. The van der Waals surface area contributed by atoms with Crippen molar-refractivity contribution in [3.05, 3.63) is 60.5 Å². The summed E-state index contributed by atoms with van der Waals surface area (Å²) in [5, 5.41) is 2.87. The molecule has 3 aliphatic heterocycles. The molecule has 2 bridgehead atoms. The molecule has 0 aromatic carbocycles. The average Bonchev–Trinajstić information content (AvgIpc) is 3.43. The van der Waals surface area contributed by atoms with E-state index >= 15 is 0 Å². The van der Waals surface area contributed by atoms with Crippen molar-refractivity contribution >= 4 is 11.8 Å². The lowest BCUT2D eigenvalue weighted by Gasteiger charge is -2.23. The van der Waals surface area contributed by atoms with E-state index in [1.54, 1.807) is 35.6 Å². The van der Waals surface area contributed by atoms with Crippen LogP contribution in [-0.4, -0.2) is 35.0 Å². The van der Waals surface area contributed by atoms with Crippen LogP contribution in [0.2, 0.25) is 0 Å². The smallest absolute Gasteiger partial charge is 0.230 e. The Labute approximate surface area is 149 Å². The first-order chi connectivity index (χ1) is 12.7. The fraction of sp³-hybridized carbons (Fsp3) is 0.368. The molecule has 1 spiro atoms. The third-order valence-corrected chi connectivity index (χ3v) is 5.43. The van der Waals surface area contributed by atoms with Gasteiger partial charge >= 0.3 is 0 Å². The SMILES string of the molecule is O=C(NCc1ccco1)[C@H]1[C@H]2C=C[C@@]3(CN(Cc4ccco4)C(=O)[C@@H]13)O2. The number of amides is 2. The molecule has 0 unspecified atom stereocenters. The van der Waals surface area contributed by atoms with E-state index < -0.39 is 17.4 Å². The van der Waals surface area contributed by atoms with Crippen LogP contribution in [0.5, 0.6) is 0 Å². The maximum absolute atomic E-state index is 13.0. The van der Waals surface area contributed by atoms with E-state index in [4.69, 9.17) is 13.6 Å².